The van der Waals surface area contributed by atoms with Gasteiger partial charge in [-0.2, -0.15) is 0 Å². The predicted molar refractivity (Wildman–Crippen MR) is 52.8 cm³/mol. The second-order valence-electron chi connectivity index (χ2n) is 4.94. The normalized spacial score (nSPS) is 23.6. The van der Waals surface area contributed by atoms with Crippen molar-refractivity contribution in [2.75, 3.05) is 5.75 Å². The molecule has 1 aliphatic carbocycles. The smallest absolute Gasteiger partial charge is 0.0470 e. The largest absolute Gasteiger partial charge is 0.253 e. The Hall–Kier alpha value is -0.0500. The minimum atomic E-state index is -2.22. The zero-order valence-electron chi connectivity index (χ0n) is 8.22. The molecule has 1 N–H and O–H groups in total. The van der Waals surface area contributed by atoms with Crippen LogP contribution < -0.4 is 0 Å². The Labute approximate surface area is 75.7 Å². The number of hydrogen-bond acceptors (Lipinski definition) is 2. The van der Waals surface area contributed by atoms with Crippen LogP contribution in [-0.4, -0.2) is 15.2 Å². The third-order valence-corrected chi connectivity index (χ3v) is 4.58. The molecule has 0 spiro atoms. The molecule has 0 amide bonds. The van der Waals surface area contributed by atoms with Gasteiger partial charge < -0.3 is 0 Å². The van der Waals surface area contributed by atoms with Crippen molar-refractivity contribution in [2.24, 2.45) is 5.41 Å². The van der Waals surface area contributed by atoms with Gasteiger partial charge in [-0.3, -0.25) is 4.78 Å². The summed E-state index contributed by atoms with van der Waals surface area (Å²) in [5.41, 5.74) is 0.221. The van der Waals surface area contributed by atoms with E-state index >= 15 is 0 Å². The lowest BCUT2D eigenvalue weighted by Crippen LogP contribution is -2.16. The first kappa shape index (κ1) is 10.0. The summed E-state index contributed by atoms with van der Waals surface area (Å²) in [7, 11) is -2.22. The van der Waals surface area contributed by atoms with Crippen LogP contribution in [0.25, 0.3) is 0 Å². The summed E-state index contributed by atoms with van der Waals surface area (Å²) < 4.78 is 19.3. The summed E-state index contributed by atoms with van der Waals surface area (Å²) in [6, 6.07) is 0. The highest BCUT2D eigenvalue weighted by Crippen LogP contribution is 2.31. The third-order valence-electron chi connectivity index (χ3n) is 2.22. The maximum atomic E-state index is 11.7. The SMILES string of the molecule is CC(C)(C)CCS(=N)(=O)C1CC1. The van der Waals surface area contributed by atoms with Gasteiger partial charge in [0.25, 0.3) is 0 Å². The van der Waals surface area contributed by atoms with Gasteiger partial charge in [0.05, 0.1) is 0 Å². The highest BCUT2D eigenvalue weighted by atomic mass is 32.2. The van der Waals surface area contributed by atoms with Gasteiger partial charge in [-0.25, -0.2) is 4.21 Å². The van der Waals surface area contributed by atoms with Crippen LogP contribution in [0, 0.1) is 10.2 Å². The van der Waals surface area contributed by atoms with E-state index in [0.29, 0.717) is 5.75 Å². The second kappa shape index (κ2) is 3.02. The number of nitrogens with one attached hydrogen (secondary N) is 1. The molecule has 0 saturated heterocycles. The van der Waals surface area contributed by atoms with E-state index in [-0.39, 0.29) is 10.7 Å². The van der Waals surface area contributed by atoms with Crippen molar-refractivity contribution in [3.8, 4) is 0 Å². The van der Waals surface area contributed by atoms with Crippen LogP contribution in [0.3, 0.4) is 0 Å². The highest BCUT2D eigenvalue weighted by molar-refractivity contribution is 7.93. The lowest BCUT2D eigenvalue weighted by atomic mass is 9.94. The van der Waals surface area contributed by atoms with E-state index in [9.17, 15) is 4.21 Å². The Kier molecular flexibility index (Phi) is 2.52. The van der Waals surface area contributed by atoms with E-state index in [2.05, 4.69) is 20.8 Å². The molecule has 12 heavy (non-hydrogen) atoms. The molecule has 1 atom stereocenters. The van der Waals surface area contributed by atoms with Crippen molar-refractivity contribution in [3.63, 3.8) is 0 Å². The van der Waals surface area contributed by atoms with E-state index < -0.39 is 9.73 Å². The van der Waals surface area contributed by atoms with E-state index in [1.807, 2.05) is 0 Å². The molecule has 0 aromatic rings. The van der Waals surface area contributed by atoms with Gasteiger partial charge in [0, 0.05) is 20.7 Å². The molecule has 0 radical (unpaired) electrons. The zero-order valence-corrected chi connectivity index (χ0v) is 9.04. The summed E-state index contributed by atoms with van der Waals surface area (Å²) >= 11 is 0. The summed E-state index contributed by atoms with van der Waals surface area (Å²) in [4.78, 5) is 0. The molecule has 0 heterocycles. The van der Waals surface area contributed by atoms with Crippen LogP contribution >= 0.6 is 0 Å². The van der Waals surface area contributed by atoms with Crippen LogP contribution in [0.2, 0.25) is 0 Å². The summed E-state index contributed by atoms with van der Waals surface area (Å²) in [5.74, 6) is 0.598. The molecule has 1 unspecified atom stereocenters. The van der Waals surface area contributed by atoms with E-state index in [4.69, 9.17) is 4.78 Å². The number of rotatable bonds is 3. The highest BCUT2D eigenvalue weighted by Gasteiger charge is 2.32. The fourth-order valence-corrected chi connectivity index (χ4v) is 3.22. The number of hydrogen-bond donors (Lipinski definition) is 1. The minimum absolute atomic E-state index is 0.221. The fraction of sp³-hybridized carbons (Fsp3) is 1.00. The molecule has 2 nitrogen and oxygen atoms in total. The molecule has 1 fully saturated rings. The predicted octanol–water partition coefficient (Wildman–Crippen LogP) is 2.63. The lowest BCUT2D eigenvalue weighted by molar-refractivity contribution is 0.399. The van der Waals surface area contributed by atoms with Crippen LogP contribution in [0.15, 0.2) is 0 Å². The Balaban J connectivity index is 2.41. The molecule has 0 aromatic carbocycles. The standard InChI is InChI=1S/C9H19NOS/c1-9(2,3)6-7-12(10,11)8-4-5-8/h8,10H,4-7H2,1-3H3. The average molecular weight is 189 g/mol. The maximum absolute atomic E-state index is 11.7. The van der Waals surface area contributed by atoms with Crippen molar-refractivity contribution in [1.29, 1.82) is 4.78 Å². The third kappa shape index (κ3) is 3.13. The first-order valence-corrected chi connectivity index (χ1v) is 6.36. The van der Waals surface area contributed by atoms with Crippen molar-refractivity contribution in [2.45, 2.75) is 45.3 Å². The van der Waals surface area contributed by atoms with E-state index in [1.165, 1.54) is 0 Å². The van der Waals surface area contributed by atoms with Crippen LogP contribution in [0.1, 0.15) is 40.0 Å². The summed E-state index contributed by atoms with van der Waals surface area (Å²) in [6.45, 7) is 6.40. The van der Waals surface area contributed by atoms with Gasteiger partial charge in [-0.05, 0) is 24.7 Å². The Morgan fingerprint density at radius 3 is 2.25 bits per heavy atom. The monoisotopic (exact) mass is 189 g/mol. The second-order valence-corrected chi connectivity index (χ2v) is 7.47. The Morgan fingerprint density at radius 2 is 1.92 bits per heavy atom. The first-order valence-electron chi connectivity index (χ1n) is 4.57. The van der Waals surface area contributed by atoms with Gasteiger partial charge in [-0.1, -0.05) is 20.8 Å². The Morgan fingerprint density at radius 1 is 1.42 bits per heavy atom. The van der Waals surface area contributed by atoms with Crippen molar-refractivity contribution in [3.05, 3.63) is 0 Å². The van der Waals surface area contributed by atoms with Gasteiger partial charge >= 0.3 is 0 Å². The zero-order chi connectivity index (χ0) is 9.41. The molecule has 0 aliphatic heterocycles. The lowest BCUT2D eigenvalue weighted by Gasteiger charge is -2.18. The van der Waals surface area contributed by atoms with Gasteiger partial charge in [0.1, 0.15) is 0 Å². The molecular weight excluding hydrogens is 170 g/mol. The summed E-state index contributed by atoms with van der Waals surface area (Å²) in [6.07, 6.45) is 2.95. The fourth-order valence-electron chi connectivity index (χ4n) is 1.07. The van der Waals surface area contributed by atoms with Crippen LogP contribution in [-0.2, 0) is 9.73 Å². The van der Waals surface area contributed by atoms with Crippen molar-refractivity contribution < 1.29 is 4.21 Å². The average Bonchev–Trinajstić information content (AvgIpc) is 2.62. The maximum Gasteiger partial charge on any atom is 0.0470 e. The quantitative estimate of drug-likeness (QED) is 0.728. The molecule has 0 bridgehead atoms. The summed E-state index contributed by atoms with van der Waals surface area (Å²) in [5, 5.41) is 0.236. The van der Waals surface area contributed by atoms with Crippen LogP contribution in [0.5, 0.6) is 0 Å². The first-order chi connectivity index (χ1) is 5.31. The molecule has 1 aliphatic rings. The van der Waals surface area contributed by atoms with Crippen molar-refractivity contribution >= 4 is 9.73 Å². The van der Waals surface area contributed by atoms with Gasteiger partial charge in [0.15, 0.2) is 0 Å². The van der Waals surface area contributed by atoms with E-state index in [0.717, 1.165) is 19.3 Å². The molecule has 0 aromatic heterocycles. The topological polar surface area (TPSA) is 40.9 Å². The molecule has 1 rings (SSSR count). The molecule has 72 valence electrons. The minimum Gasteiger partial charge on any atom is -0.253 e. The molecule has 1 saturated carbocycles. The Bertz CT molecular complexity index is 244. The van der Waals surface area contributed by atoms with E-state index in [1.54, 1.807) is 0 Å². The molecule has 3 heteroatoms. The van der Waals surface area contributed by atoms with Crippen molar-refractivity contribution in [1.82, 2.24) is 0 Å². The molecular formula is C9H19NOS. The van der Waals surface area contributed by atoms with Crippen LogP contribution in [0.4, 0.5) is 0 Å². The van der Waals surface area contributed by atoms with Gasteiger partial charge in [0.2, 0.25) is 0 Å². The van der Waals surface area contributed by atoms with Gasteiger partial charge in [-0.15, -0.1) is 0 Å².